The maximum atomic E-state index is 12.1. The van der Waals surface area contributed by atoms with Gasteiger partial charge in [-0.05, 0) is 25.0 Å². The summed E-state index contributed by atoms with van der Waals surface area (Å²) in [6.45, 7) is 3.74. The van der Waals surface area contributed by atoms with E-state index in [0.29, 0.717) is 34.7 Å². The zero-order chi connectivity index (χ0) is 14.9. The molecule has 1 aliphatic heterocycles. The van der Waals surface area contributed by atoms with Crippen LogP contribution in [0.25, 0.3) is 0 Å². The number of benzene rings is 1. The van der Waals surface area contributed by atoms with E-state index in [-0.39, 0.29) is 5.78 Å². The van der Waals surface area contributed by atoms with Crippen LogP contribution in [0.5, 0.6) is 5.75 Å². The molecule has 4 nitrogen and oxygen atoms in total. The van der Waals surface area contributed by atoms with Crippen LogP contribution in [0.4, 0.5) is 0 Å². The van der Waals surface area contributed by atoms with Crippen LogP contribution in [0.1, 0.15) is 41.3 Å². The van der Waals surface area contributed by atoms with Crippen LogP contribution in [0.15, 0.2) is 6.07 Å². The van der Waals surface area contributed by atoms with Crippen LogP contribution in [0, 0.1) is 6.92 Å². The third kappa shape index (κ3) is 2.52. The largest absolute Gasteiger partial charge is 0.478 e. The number of methoxy groups -OCH3 is 1. The first-order valence-electron chi connectivity index (χ1n) is 6.59. The summed E-state index contributed by atoms with van der Waals surface area (Å²) >= 11 is 6.25. The van der Waals surface area contributed by atoms with Crippen molar-refractivity contribution in [2.75, 3.05) is 7.11 Å². The Labute approximate surface area is 123 Å². The van der Waals surface area contributed by atoms with Crippen molar-refractivity contribution >= 4 is 23.4 Å². The van der Waals surface area contributed by atoms with Gasteiger partial charge in [0.25, 0.3) is 0 Å². The fourth-order valence-corrected chi connectivity index (χ4v) is 2.62. The average molecular weight is 297 g/mol. The Kier molecular flexibility index (Phi) is 4.33. The number of ketones is 1. The summed E-state index contributed by atoms with van der Waals surface area (Å²) in [6, 6.07) is 1.74. The third-order valence-electron chi connectivity index (χ3n) is 3.42. The molecule has 0 saturated carbocycles. The first-order valence-corrected chi connectivity index (χ1v) is 6.97. The van der Waals surface area contributed by atoms with E-state index in [1.807, 2.05) is 6.92 Å². The van der Waals surface area contributed by atoms with Gasteiger partial charge < -0.3 is 9.47 Å². The lowest BCUT2D eigenvalue weighted by Crippen LogP contribution is -2.26. The molecular formula is C15H17ClO4. The number of carbonyl (C=O) groups is 2. The van der Waals surface area contributed by atoms with Crippen LogP contribution < -0.4 is 4.74 Å². The van der Waals surface area contributed by atoms with Gasteiger partial charge in [0.05, 0.1) is 12.1 Å². The molecule has 1 aliphatic rings. The quantitative estimate of drug-likeness (QED) is 0.633. The zero-order valence-electron chi connectivity index (χ0n) is 11.8. The predicted octanol–water partition coefficient (Wildman–Crippen LogP) is 3.11. The van der Waals surface area contributed by atoms with Gasteiger partial charge in [-0.3, -0.25) is 4.79 Å². The molecule has 0 radical (unpaired) electrons. The fraction of sp³-hybridized carbons (Fsp3) is 0.467. The summed E-state index contributed by atoms with van der Waals surface area (Å²) in [5, 5.41) is 0.410. The Hall–Kier alpha value is -1.55. The van der Waals surface area contributed by atoms with E-state index in [4.69, 9.17) is 16.3 Å². The van der Waals surface area contributed by atoms with E-state index in [1.54, 1.807) is 13.0 Å². The van der Waals surface area contributed by atoms with Gasteiger partial charge in [0, 0.05) is 24.0 Å². The van der Waals surface area contributed by atoms with Crippen molar-refractivity contribution in [2.45, 2.75) is 39.2 Å². The number of ether oxygens (including phenoxy) is 2. The first-order chi connectivity index (χ1) is 9.49. The minimum atomic E-state index is -0.652. The van der Waals surface area contributed by atoms with Gasteiger partial charge in [0.2, 0.25) is 0 Å². The van der Waals surface area contributed by atoms with Gasteiger partial charge in [-0.25, -0.2) is 4.79 Å². The predicted molar refractivity (Wildman–Crippen MR) is 75.6 cm³/mol. The summed E-state index contributed by atoms with van der Waals surface area (Å²) in [5.74, 6) is 0.196. The highest BCUT2D eigenvalue weighted by Crippen LogP contribution is 2.39. The number of carbonyl (C=O) groups excluding carboxylic acids is 2. The second kappa shape index (κ2) is 5.83. The van der Waals surface area contributed by atoms with Crippen LogP contribution in [0.2, 0.25) is 5.02 Å². The van der Waals surface area contributed by atoms with E-state index in [0.717, 1.165) is 12.0 Å². The molecule has 0 aliphatic carbocycles. The molecule has 0 fully saturated rings. The Morgan fingerprint density at radius 1 is 1.50 bits per heavy atom. The second-order valence-electron chi connectivity index (χ2n) is 4.86. The molecule has 1 heterocycles. The van der Waals surface area contributed by atoms with E-state index in [9.17, 15) is 9.59 Å². The Morgan fingerprint density at radius 2 is 2.20 bits per heavy atom. The van der Waals surface area contributed by atoms with Crippen LogP contribution in [0.3, 0.4) is 0 Å². The van der Waals surface area contributed by atoms with Crippen LogP contribution in [-0.2, 0) is 16.0 Å². The normalized spacial score (nSPS) is 16.5. The van der Waals surface area contributed by atoms with Crippen LogP contribution in [-0.4, -0.2) is 25.0 Å². The van der Waals surface area contributed by atoms with Gasteiger partial charge in [0.15, 0.2) is 11.9 Å². The standard InChI is InChI=1S/C15H17ClO4/c1-4-5-11(17)10-6-9-7-12(15(18)19-3)20-14(9)8(2)13(10)16/h6,12H,4-5,7H2,1-3H3. The van der Waals surface area contributed by atoms with Gasteiger partial charge in [-0.2, -0.15) is 0 Å². The number of hydrogen-bond donors (Lipinski definition) is 0. The van der Waals surface area contributed by atoms with Gasteiger partial charge in [-0.15, -0.1) is 0 Å². The van der Waals surface area contributed by atoms with E-state index < -0.39 is 12.1 Å². The minimum Gasteiger partial charge on any atom is -0.478 e. The molecule has 20 heavy (non-hydrogen) atoms. The zero-order valence-corrected chi connectivity index (χ0v) is 12.5. The van der Waals surface area contributed by atoms with Crippen molar-refractivity contribution in [2.24, 2.45) is 0 Å². The molecule has 2 rings (SSSR count). The Morgan fingerprint density at radius 3 is 2.80 bits per heavy atom. The lowest BCUT2D eigenvalue weighted by molar-refractivity contribution is -0.147. The van der Waals surface area contributed by atoms with E-state index >= 15 is 0 Å². The maximum Gasteiger partial charge on any atom is 0.347 e. The molecule has 0 bridgehead atoms. The number of esters is 1. The van der Waals surface area contributed by atoms with E-state index in [1.165, 1.54) is 7.11 Å². The molecule has 1 unspecified atom stereocenters. The summed E-state index contributed by atoms with van der Waals surface area (Å²) in [7, 11) is 1.32. The van der Waals surface area contributed by atoms with Crippen molar-refractivity contribution in [3.63, 3.8) is 0 Å². The van der Waals surface area contributed by atoms with Crippen molar-refractivity contribution < 1.29 is 19.1 Å². The molecular weight excluding hydrogens is 280 g/mol. The highest BCUT2D eigenvalue weighted by Gasteiger charge is 2.33. The number of rotatable bonds is 4. The van der Waals surface area contributed by atoms with Crippen LogP contribution >= 0.6 is 11.6 Å². The summed E-state index contributed by atoms with van der Waals surface area (Å²) in [4.78, 5) is 23.6. The number of hydrogen-bond acceptors (Lipinski definition) is 4. The highest BCUT2D eigenvalue weighted by molar-refractivity contribution is 6.35. The third-order valence-corrected chi connectivity index (χ3v) is 3.91. The smallest absolute Gasteiger partial charge is 0.347 e. The molecule has 0 saturated heterocycles. The molecule has 0 spiro atoms. The molecule has 1 atom stereocenters. The summed E-state index contributed by atoms with van der Waals surface area (Å²) < 4.78 is 10.3. The van der Waals surface area contributed by atoms with Gasteiger partial charge in [-0.1, -0.05) is 18.5 Å². The summed E-state index contributed by atoms with van der Waals surface area (Å²) in [5.41, 5.74) is 2.05. The number of halogens is 1. The number of Topliss-reactive ketones (excluding diaryl/α,β-unsaturated/α-hetero) is 1. The first kappa shape index (κ1) is 14.9. The maximum absolute atomic E-state index is 12.1. The molecule has 0 N–H and O–H groups in total. The highest BCUT2D eigenvalue weighted by atomic mass is 35.5. The Bertz CT molecular complexity index is 565. The summed E-state index contributed by atoms with van der Waals surface area (Å²) in [6.07, 6.45) is 0.986. The monoisotopic (exact) mass is 296 g/mol. The van der Waals surface area contributed by atoms with Crippen molar-refractivity contribution in [1.29, 1.82) is 0 Å². The molecule has 0 amide bonds. The van der Waals surface area contributed by atoms with E-state index in [2.05, 4.69) is 4.74 Å². The topological polar surface area (TPSA) is 52.6 Å². The SMILES string of the molecule is CCCC(=O)c1cc2c(c(C)c1Cl)OC(C(=O)OC)C2. The minimum absolute atomic E-state index is 0.0184. The molecule has 1 aromatic rings. The fourth-order valence-electron chi connectivity index (χ4n) is 2.37. The average Bonchev–Trinajstić information content (AvgIpc) is 2.86. The lowest BCUT2D eigenvalue weighted by atomic mass is 9.98. The van der Waals surface area contributed by atoms with Gasteiger partial charge in [0.1, 0.15) is 5.75 Å². The Balaban J connectivity index is 2.38. The molecule has 1 aromatic carbocycles. The lowest BCUT2D eigenvalue weighted by Gasteiger charge is -2.11. The van der Waals surface area contributed by atoms with Crippen molar-refractivity contribution in [3.05, 3.63) is 27.8 Å². The molecule has 5 heteroatoms. The molecule has 108 valence electrons. The van der Waals surface area contributed by atoms with Crippen molar-refractivity contribution in [1.82, 2.24) is 0 Å². The number of fused-ring (bicyclic) bond motifs is 1. The van der Waals surface area contributed by atoms with Crippen molar-refractivity contribution in [3.8, 4) is 5.75 Å². The molecule has 0 aromatic heterocycles. The second-order valence-corrected chi connectivity index (χ2v) is 5.24. The van der Waals surface area contributed by atoms with Gasteiger partial charge >= 0.3 is 5.97 Å².